The average molecular weight is 409 g/mol. The number of hydrogen-bond acceptors (Lipinski definition) is 1. The molecule has 0 saturated heterocycles. The van der Waals surface area contributed by atoms with Gasteiger partial charge < -0.3 is 4.74 Å². The third-order valence-electron chi connectivity index (χ3n) is 6.17. The van der Waals surface area contributed by atoms with Gasteiger partial charge in [0.25, 0.3) is 0 Å². The summed E-state index contributed by atoms with van der Waals surface area (Å²) in [4.78, 5) is 0. The van der Waals surface area contributed by atoms with Gasteiger partial charge in [-0.1, -0.05) is 102 Å². The van der Waals surface area contributed by atoms with Crippen LogP contribution >= 0.6 is 0 Å². The van der Waals surface area contributed by atoms with Gasteiger partial charge in [0.1, 0.15) is 5.75 Å². The van der Waals surface area contributed by atoms with Gasteiger partial charge in [-0.2, -0.15) is 0 Å². The van der Waals surface area contributed by atoms with Gasteiger partial charge in [-0.15, -0.1) is 0 Å². The number of methoxy groups -OCH3 is 1. The van der Waals surface area contributed by atoms with Crippen LogP contribution in [0.4, 0.5) is 0 Å². The molecule has 0 heterocycles. The van der Waals surface area contributed by atoms with Crippen molar-refractivity contribution in [2.75, 3.05) is 7.11 Å². The predicted octanol–water partition coefficient (Wildman–Crippen LogP) is 4.00. The van der Waals surface area contributed by atoms with Gasteiger partial charge in [-0.3, -0.25) is 0 Å². The maximum atomic E-state index is 5.49. The Kier molecular flexibility index (Phi) is 5.60. The fourth-order valence-corrected chi connectivity index (χ4v) is 10.3. The summed E-state index contributed by atoms with van der Waals surface area (Å²) in [5.41, 5.74) is 4.02. The second-order valence-electron chi connectivity index (χ2n) is 7.92. The van der Waals surface area contributed by atoms with Gasteiger partial charge in [-0.05, 0) is 53.7 Å². The van der Waals surface area contributed by atoms with Crippen molar-refractivity contribution in [3.63, 3.8) is 0 Å². The van der Waals surface area contributed by atoms with E-state index in [4.69, 9.17) is 4.74 Å². The Hall–Kier alpha value is -3.10. The molecular formula is C28H28OSi. The molecule has 2 heteroatoms. The molecule has 4 aromatic rings. The largest absolute Gasteiger partial charge is 0.497 e. The maximum absolute atomic E-state index is 5.49. The van der Waals surface area contributed by atoms with E-state index in [1.807, 2.05) is 0 Å². The summed E-state index contributed by atoms with van der Waals surface area (Å²) < 4.78 is 5.49. The molecule has 0 spiro atoms. The Morgan fingerprint density at radius 2 is 0.867 bits per heavy atom. The Labute approximate surface area is 181 Å². The van der Waals surface area contributed by atoms with Crippen LogP contribution in [0.3, 0.4) is 0 Å². The number of ether oxygens (including phenoxy) is 1. The normalized spacial score (nSPS) is 11.3. The second-order valence-corrected chi connectivity index (χ2v) is 11.6. The first kappa shape index (κ1) is 20.2. The Bertz CT molecular complexity index is 1050. The monoisotopic (exact) mass is 408 g/mol. The zero-order valence-corrected chi connectivity index (χ0v) is 19.1. The molecule has 1 nitrogen and oxygen atoms in total. The van der Waals surface area contributed by atoms with Crippen molar-refractivity contribution in [2.24, 2.45) is 0 Å². The van der Waals surface area contributed by atoms with Crippen molar-refractivity contribution in [1.29, 1.82) is 0 Å². The summed E-state index contributed by atoms with van der Waals surface area (Å²) in [6.45, 7) is 6.74. The van der Waals surface area contributed by atoms with E-state index in [9.17, 15) is 0 Å². The smallest absolute Gasteiger partial charge is 0.180 e. The molecule has 0 bridgehead atoms. The highest BCUT2D eigenvalue weighted by Gasteiger charge is 2.43. The summed E-state index contributed by atoms with van der Waals surface area (Å²) in [6, 6.07) is 35.5. The standard InChI is InChI=1S/C28H28OSi/c1-21-11-5-8-14-26(21)30(27-15-9-6-12-22(27)2,28-16-10-7-13-23(28)3)25-19-17-24(29-4)18-20-25/h5-20H,1-4H3. The zero-order valence-electron chi connectivity index (χ0n) is 18.1. The lowest BCUT2D eigenvalue weighted by Gasteiger charge is -2.37. The molecule has 4 aromatic carbocycles. The minimum atomic E-state index is -2.52. The van der Waals surface area contributed by atoms with Crippen molar-refractivity contribution in [1.82, 2.24) is 0 Å². The molecule has 0 atom stereocenters. The molecule has 0 unspecified atom stereocenters. The van der Waals surface area contributed by atoms with Crippen LogP contribution in [-0.4, -0.2) is 15.2 Å². The van der Waals surface area contributed by atoms with E-state index in [-0.39, 0.29) is 0 Å². The summed E-state index contributed by atoms with van der Waals surface area (Å²) in [6.07, 6.45) is 0. The van der Waals surface area contributed by atoms with Crippen LogP contribution in [0.1, 0.15) is 16.7 Å². The van der Waals surface area contributed by atoms with Crippen LogP contribution in [-0.2, 0) is 0 Å². The minimum absolute atomic E-state index is 0.890. The summed E-state index contributed by atoms with van der Waals surface area (Å²) in [5, 5.41) is 5.71. The lowest BCUT2D eigenvalue weighted by atomic mass is 10.2. The van der Waals surface area contributed by atoms with Gasteiger partial charge in [0.05, 0.1) is 7.11 Å². The van der Waals surface area contributed by atoms with E-state index in [2.05, 4.69) is 118 Å². The van der Waals surface area contributed by atoms with Crippen LogP contribution in [0.25, 0.3) is 0 Å². The van der Waals surface area contributed by atoms with E-state index in [1.165, 1.54) is 37.4 Å². The molecule has 0 aliphatic heterocycles. The Balaban J connectivity index is 2.20. The first-order chi connectivity index (χ1) is 14.6. The molecular weight excluding hydrogens is 380 g/mol. The highest BCUT2D eigenvalue weighted by molar-refractivity contribution is 7.20. The lowest BCUT2D eigenvalue weighted by Crippen LogP contribution is -2.76. The molecule has 0 N–H and O–H groups in total. The topological polar surface area (TPSA) is 9.23 Å². The number of rotatable bonds is 5. The van der Waals surface area contributed by atoms with Crippen LogP contribution < -0.4 is 25.5 Å². The fraction of sp³-hybridized carbons (Fsp3) is 0.143. The molecule has 4 rings (SSSR count). The van der Waals surface area contributed by atoms with Gasteiger partial charge in [0, 0.05) is 0 Å². The highest BCUT2D eigenvalue weighted by Crippen LogP contribution is 2.17. The van der Waals surface area contributed by atoms with Crippen LogP contribution in [0.2, 0.25) is 0 Å². The van der Waals surface area contributed by atoms with Crippen molar-refractivity contribution in [2.45, 2.75) is 20.8 Å². The Morgan fingerprint density at radius 3 is 1.20 bits per heavy atom. The minimum Gasteiger partial charge on any atom is -0.497 e. The molecule has 0 amide bonds. The summed E-state index contributed by atoms with van der Waals surface area (Å²) in [7, 11) is -0.799. The molecule has 0 saturated carbocycles. The van der Waals surface area contributed by atoms with Crippen molar-refractivity contribution in [3.05, 3.63) is 114 Å². The molecule has 0 aliphatic rings. The third-order valence-corrected chi connectivity index (χ3v) is 11.5. The quantitative estimate of drug-likeness (QED) is 0.358. The van der Waals surface area contributed by atoms with Crippen molar-refractivity contribution in [3.8, 4) is 5.75 Å². The molecule has 0 aromatic heterocycles. The van der Waals surface area contributed by atoms with E-state index >= 15 is 0 Å². The van der Waals surface area contributed by atoms with Crippen molar-refractivity contribution < 1.29 is 4.74 Å². The molecule has 0 fully saturated rings. The van der Waals surface area contributed by atoms with Crippen LogP contribution in [0.5, 0.6) is 5.75 Å². The molecule has 0 radical (unpaired) electrons. The second kappa shape index (κ2) is 8.33. The number of hydrogen-bond donors (Lipinski definition) is 0. The van der Waals surface area contributed by atoms with E-state index in [0.29, 0.717) is 0 Å². The van der Waals surface area contributed by atoms with Gasteiger partial charge in [0.15, 0.2) is 8.07 Å². The number of benzene rings is 4. The lowest BCUT2D eigenvalue weighted by molar-refractivity contribution is 0.415. The van der Waals surface area contributed by atoms with Crippen LogP contribution in [0.15, 0.2) is 97.1 Å². The molecule has 150 valence electrons. The van der Waals surface area contributed by atoms with E-state index in [1.54, 1.807) is 7.11 Å². The first-order valence-electron chi connectivity index (χ1n) is 10.4. The SMILES string of the molecule is COc1ccc([Si](c2ccccc2C)(c2ccccc2C)c2ccccc2C)cc1. The fourth-order valence-electron chi connectivity index (χ4n) is 4.72. The van der Waals surface area contributed by atoms with Crippen molar-refractivity contribution >= 4 is 28.8 Å². The third kappa shape index (κ3) is 3.27. The first-order valence-corrected chi connectivity index (χ1v) is 12.4. The van der Waals surface area contributed by atoms with Gasteiger partial charge >= 0.3 is 0 Å². The maximum Gasteiger partial charge on any atom is 0.180 e. The highest BCUT2D eigenvalue weighted by atomic mass is 28.3. The summed E-state index contributed by atoms with van der Waals surface area (Å²) >= 11 is 0. The molecule has 0 aliphatic carbocycles. The summed E-state index contributed by atoms with van der Waals surface area (Å²) in [5.74, 6) is 0.890. The van der Waals surface area contributed by atoms with E-state index in [0.717, 1.165) is 5.75 Å². The Morgan fingerprint density at radius 1 is 0.500 bits per heavy atom. The van der Waals surface area contributed by atoms with Crippen LogP contribution in [0, 0.1) is 20.8 Å². The zero-order chi connectivity index (χ0) is 21.1. The van der Waals surface area contributed by atoms with Gasteiger partial charge in [0.2, 0.25) is 0 Å². The number of aryl methyl sites for hydroxylation is 3. The van der Waals surface area contributed by atoms with E-state index < -0.39 is 8.07 Å². The predicted molar refractivity (Wildman–Crippen MR) is 131 cm³/mol. The molecule has 30 heavy (non-hydrogen) atoms. The average Bonchev–Trinajstić information content (AvgIpc) is 2.78. The van der Waals surface area contributed by atoms with Gasteiger partial charge in [-0.25, -0.2) is 0 Å².